The van der Waals surface area contributed by atoms with Crippen LogP contribution in [0.15, 0.2) is 41.3 Å². The highest BCUT2D eigenvalue weighted by atomic mass is 32.2. The highest BCUT2D eigenvalue weighted by Gasteiger charge is 2.61. The molecular formula is C21H24NO3S+. The van der Waals surface area contributed by atoms with Crippen molar-refractivity contribution in [3.63, 3.8) is 0 Å². The number of nitrogens with zero attached hydrogens (tertiary/aromatic N) is 1. The molecule has 2 aromatic rings. The van der Waals surface area contributed by atoms with Gasteiger partial charge in [0.25, 0.3) is 0 Å². The number of carbonyl (C=O) groups is 1. The lowest BCUT2D eigenvalue weighted by atomic mass is 9.91. The van der Waals surface area contributed by atoms with Crippen molar-refractivity contribution in [2.75, 3.05) is 18.8 Å². The van der Waals surface area contributed by atoms with Crippen molar-refractivity contribution in [2.24, 2.45) is 0 Å². The third-order valence-corrected chi connectivity index (χ3v) is 7.11. The van der Waals surface area contributed by atoms with Crippen LogP contribution in [0.25, 0.3) is 11.1 Å². The van der Waals surface area contributed by atoms with Gasteiger partial charge in [-0.15, -0.1) is 0 Å². The zero-order valence-corrected chi connectivity index (χ0v) is 16.0. The van der Waals surface area contributed by atoms with E-state index < -0.39 is 16.8 Å². The molecule has 0 amide bonds. The largest absolute Gasteiger partial charge is 0.478 e. The van der Waals surface area contributed by atoms with Crippen LogP contribution in [-0.4, -0.2) is 34.1 Å². The molecule has 3 unspecified atom stereocenters. The maximum absolute atomic E-state index is 12.8. The molecule has 0 radical (unpaired) electrons. The maximum Gasteiger partial charge on any atom is 0.335 e. The van der Waals surface area contributed by atoms with Crippen LogP contribution in [0.3, 0.4) is 0 Å². The fourth-order valence-corrected chi connectivity index (χ4v) is 5.41. The molecule has 0 aromatic heterocycles. The molecule has 2 heterocycles. The Balaban J connectivity index is 2.03. The van der Waals surface area contributed by atoms with Crippen molar-refractivity contribution in [3.8, 4) is 11.1 Å². The van der Waals surface area contributed by atoms with Crippen molar-refractivity contribution >= 4 is 22.5 Å². The van der Waals surface area contributed by atoms with Gasteiger partial charge in [-0.25, -0.2) is 4.79 Å². The lowest BCUT2D eigenvalue weighted by molar-refractivity contribution is 0.0696. The minimum atomic E-state index is -1.21. The second kappa shape index (κ2) is 6.32. The monoisotopic (exact) mass is 370 g/mol. The van der Waals surface area contributed by atoms with Crippen LogP contribution in [0.5, 0.6) is 0 Å². The first-order valence-electron chi connectivity index (χ1n) is 9.29. The van der Waals surface area contributed by atoms with Gasteiger partial charge >= 0.3 is 5.97 Å². The number of fused-ring (bicyclic) bond motifs is 6. The summed E-state index contributed by atoms with van der Waals surface area (Å²) in [6, 6.07) is 12.2. The summed E-state index contributed by atoms with van der Waals surface area (Å²) in [4.78, 5) is 12.4. The Kier molecular flexibility index (Phi) is 4.24. The van der Waals surface area contributed by atoms with Crippen LogP contribution >= 0.6 is 0 Å². The van der Waals surface area contributed by atoms with Crippen molar-refractivity contribution < 1.29 is 14.1 Å². The van der Waals surface area contributed by atoms with Gasteiger partial charge in [0.1, 0.15) is 12.2 Å². The Bertz CT molecular complexity index is 923. The molecule has 0 saturated carbocycles. The summed E-state index contributed by atoms with van der Waals surface area (Å²) >= 11 is 0. The summed E-state index contributed by atoms with van der Waals surface area (Å²) < 4.78 is 13.6. The van der Waals surface area contributed by atoms with Gasteiger partial charge in [-0.3, -0.25) is 8.69 Å². The fraction of sp³-hybridized carbons (Fsp3) is 0.381. The maximum atomic E-state index is 12.8. The van der Waals surface area contributed by atoms with Crippen LogP contribution in [0, 0.1) is 0 Å². The molecule has 0 spiro atoms. The van der Waals surface area contributed by atoms with Crippen molar-refractivity contribution in [2.45, 2.75) is 37.6 Å². The standard InChI is InChI=1S/C21H23NO3S/c1-3-5-10-22-13-18(22)15-8-6-7-9-16(15)20-17(22)11-14(21(23)24)12-19(20)26(25)4-2/h6-9,11-12,18H,3-5,10,13H2,1-2H3/p+1. The van der Waals surface area contributed by atoms with Crippen molar-refractivity contribution in [1.29, 1.82) is 0 Å². The van der Waals surface area contributed by atoms with E-state index in [1.807, 2.05) is 19.1 Å². The molecule has 1 N–H and O–H groups in total. The molecule has 1 fully saturated rings. The minimum absolute atomic E-state index is 0.250. The number of carboxylic acids is 1. The Hall–Kier alpha value is -1.98. The molecule has 2 aliphatic rings. The zero-order valence-electron chi connectivity index (χ0n) is 15.2. The topological polar surface area (TPSA) is 54.4 Å². The number of quaternary nitrogens is 1. The molecule has 2 aliphatic heterocycles. The SMILES string of the molecule is CCCC[N+]12CC1c1ccccc1-c1c(S(=O)CC)cc(C(=O)O)cc12. The number of carboxylic acid groups (broad SMARTS) is 1. The highest BCUT2D eigenvalue weighted by Crippen LogP contribution is 2.60. The van der Waals surface area contributed by atoms with Crippen LogP contribution < -0.4 is 4.48 Å². The van der Waals surface area contributed by atoms with Gasteiger partial charge in [-0.05, 0) is 18.1 Å². The van der Waals surface area contributed by atoms with Gasteiger partial charge in [-0.1, -0.05) is 44.5 Å². The Morgan fingerprint density at radius 1 is 1.27 bits per heavy atom. The first-order chi connectivity index (χ1) is 12.5. The molecular weight excluding hydrogens is 346 g/mol. The first kappa shape index (κ1) is 17.4. The predicted octanol–water partition coefficient (Wildman–Crippen LogP) is 4.36. The van der Waals surface area contributed by atoms with E-state index in [1.54, 1.807) is 6.07 Å². The van der Waals surface area contributed by atoms with Crippen LogP contribution in [0.1, 0.15) is 48.7 Å². The molecule has 3 atom stereocenters. The van der Waals surface area contributed by atoms with E-state index in [1.165, 1.54) is 5.56 Å². The molecule has 136 valence electrons. The van der Waals surface area contributed by atoms with Crippen LogP contribution in [-0.2, 0) is 10.8 Å². The average Bonchev–Trinajstić information content (AvgIpc) is 3.41. The Morgan fingerprint density at radius 3 is 2.73 bits per heavy atom. The number of rotatable bonds is 6. The van der Waals surface area contributed by atoms with Gasteiger partial charge in [-0.2, -0.15) is 0 Å². The predicted molar refractivity (Wildman–Crippen MR) is 105 cm³/mol. The third-order valence-electron chi connectivity index (χ3n) is 5.78. The summed E-state index contributed by atoms with van der Waals surface area (Å²) in [7, 11) is -1.21. The van der Waals surface area contributed by atoms with Crippen molar-refractivity contribution in [3.05, 3.63) is 47.5 Å². The van der Waals surface area contributed by atoms with Gasteiger partial charge < -0.3 is 5.11 Å². The van der Waals surface area contributed by atoms with E-state index >= 15 is 0 Å². The summed E-state index contributed by atoms with van der Waals surface area (Å²) in [6.07, 6.45) is 2.21. The van der Waals surface area contributed by atoms with Gasteiger partial charge in [0.05, 0.1) is 33.4 Å². The quantitative estimate of drug-likeness (QED) is 0.607. The zero-order chi connectivity index (χ0) is 18.5. The van der Waals surface area contributed by atoms with Crippen LogP contribution in [0.2, 0.25) is 0 Å². The third kappa shape index (κ3) is 2.45. The number of hydrogen-bond acceptors (Lipinski definition) is 2. The van der Waals surface area contributed by atoms with Gasteiger partial charge in [0.15, 0.2) is 6.04 Å². The lowest BCUT2D eigenvalue weighted by Crippen LogP contribution is -2.32. The van der Waals surface area contributed by atoms with Gasteiger partial charge in [0, 0.05) is 17.4 Å². The van der Waals surface area contributed by atoms with E-state index in [0.717, 1.165) is 47.2 Å². The number of hydrogen-bond donors (Lipinski definition) is 1. The van der Waals surface area contributed by atoms with E-state index in [-0.39, 0.29) is 5.56 Å². The normalized spacial score (nSPS) is 23.5. The second-order valence-corrected chi connectivity index (χ2v) is 8.91. The Labute approximate surface area is 156 Å². The highest BCUT2D eigenvalue weighted by molar-refractivity contribution is 7.85. The van der Waals surface area contributed by atoms with Gasteiger partial charge in [0.2, 0.25) is 0 Å². The molecule has 2 aromatic carbocycles. The molecule has 0 bridgehead atoms. The van der Waals surface area contributed by atoms with E-state index in [4.69, 9.17) is 0 Å². The summed E-state index contributed by atoms with van der Waals surface area (Å²) in [5.74, 6) is -0.469. The molecule has 4 nitrogen and oxygen atoms in total. The van der Waals surface area contributed by atoms with E-state index in [0.29, 0.717) is 16.7 Å². The molecule has 1 saturated heterocycles. The minimum Gasteiger partial charge on any atom is -0.478 e. The molecule has 4 rings (SSSR count). The molecule has 5 heteroatoms. The number of benzene rings is 2. The van der Waals surface area contributed by atoms with E-state index in [2.05, 4.69) is 25.1 Å². The van der Waals surface area contributed by atoms with Crippen molar-refractivity contribution in [1.82, 2.24) is 4.48 Å². The lowest BCUT2D eigenvalue weighted by Gasteiger charge is -2.29. The fourth-order valence-electron chi connectivity index (χ4n) is 4.40. The average molecular weight is 370 g/mol. The molecule has 26 heavy (non-hydrogen) atoms. The molecule has 0 aliphatic carbocycles. The Morgan fingerprint density at radius 2 is 2.04 bits per heavy atom. The summed E-state index contributed by atoms with van der Waals surface area (Å²) in [6.45, 7) is 6.07. The number of aromatic carboxylic acids is 1. The van der Waals surface area contributed by atoms with Crippen LogP contribution in [0.4, 0.5) is 5.69 Å². The first-order valence-corrected chi connectivity index (χ1v) is 10.6. The smallest absolute Gasteiger partial charge is 0.335 e. The second-order valence-electron chi connectivity index (χ2n) is 7.20. The summed E-state index contributed by atoms with van der Waals surface area (Å²) in [5.41, 5.74) is 4.76. The van der Waals surface area contributed by atoms with E-state index in [9.17, 15) is 14.1 Å². The number of unbranched alkanes of at least 4 members (excludes halogenated alkanes) is 1. The summed E-state index contributed by atoms with van der Waals surface area (Å²) in [5, 5.41) is 9.61.